The van der Waals surface area contributed by atoms with E-state index in [1.165, 1.54) is 4.90 Å². The van der Waals surface area contributed by atoms with E-state index in [0.717, 1.165) is 53.6 Å². The molecule has 3 aromatic rings. The molecule has 0 bridgehead atoms. The van der Waals surface area contributed by atoms with Crippen LogP contribution < -0.4 is 15.3 Å². The van der Waals surface area contributed by atoms with Gasteiger partial charge < -0.3 is 9.15 Å². The van der Waals surface area contributed by atoms with E-state index in [1.807, 2.05) is 24.3 Å². The van der Waals surface area contributed by atoms with Gasteiger partial charge in [0.05, 0.1) is 16.3 Å². The Morgan fingerprint density at radius 2 is 2.08 bits per heavy atom. The number of aromatic nitrogens is 1. The standard InChI is InChI=1S/C20H17ClN2O3/c21-17-8-15-13-5-3-6-14(13)20(24)26-18(15)16-10-23(11-25-19(16)17)9-12-4-1-2-7-22-12/h1-2,4,7-8H,3,5-6,9-11H2/p+1. The van der Waals surface area contributed by atoms with Gasteiger partial charge in [0.15, 0.2) is 11.3 Å². The number of nitrogens with zero attached hydrogens (tertiary/aromatic N) is 1. The predicted molar refractivity (Wildman–Crippen MR) is 97.6 cm³/mol. The van der Waals surface area contributed by atoms with Crippen molar-refractivity contribution in [1.29, 1.82) is 0 Å². The number of quaternary nitrogens is 1. The van der Waals surface area contributed by atoms with Gasteiger partial charge in [0.2, 0.25) is 6.73 Å². The molecule has 3 heterocycles. The number of hydrogen-bond donors (Lipinski definition) is 1. The third kappa shape index (κ3) is 2.50. The molecule has 26 heavy (non-hydrogen) atoms. The molecule has 2 aliphatic rings. The van der Waals surface area contributed by atoms with Gasteiger partial charge in [-0.2, -0.15) is 0 Å². The van der Waals surface area contributed by atoms with Gasteiger partial charge in [-0.05, 0) is 43.0 Å². The summed E-state index contributed by atoms with van der Waals surface area (Å²) in [7, 11) is 0. The molecule has 5 nitrogen and oxygen atoms in total. The summed E-state index contributed by atoms with van der Waals surface area (Å²) in [6.45, 7) is 1.93. The number of nitrogens with one attached hydrogen (secondary N) is 1. The van der Waals surface area contributed by atoms with Crippen molar-refractivity contribution in [1.82, 2.24) is 4.98 Å². The fraction of sp³-hybridized carbons (Fsp3) is 0.300. The molecule has 132 valence electrons. The lowest BCUT2D eigenvalue weighted by Crippen LogP contribution is -3.11. The molecular formula is C20H18ClN2O3+. The molecule has 0 saturated carbocycles. The maximum absolute atomic E-state index is 12.4. The summed E-state index contributed by atoms with van der Waals surface area (Å²) in [4.78, 5) is 18.0. The van der Waals surface area contributed by atoms with Gasteiger partial charge in [-0.25, -0.2) is 4.79 Å². The van der Waals surface area contributed by atoms with Gasteiger partial charge in [0, 0.05) is 17.1 Å². The van der Waals surface area contributed by atoms with E-state index < -0.39 is 0 Å². The molecule has 0 fully saturated rings. The van der Waals surface area contributed by atoms with E-state index in [-0.39, 0.29) is 5.63 Å². The van der Waals surface area contributed by atoms with Crippen LogP contribution in [0, 0.1) is 0 Å². The zero-order valence-corrected chi connectivity index (χ0v) is 14.9. The lowest BCUT2D eigenvalue weighted by Gasteiger charge is -2.27. The molecule has 2 aromatic heterocycles. The number of ether oxygens (including phenoxy) is 1. The van der Waals surface area contributed by atoms with Crippen LogP contribution in [0.1, 0.15) is 28.8 Å². The molecule has 1 aromatic carbocycles. The summed E-state index contributed by atoms with van der Waals surface area (Å²) in [5.74, 6) is 0.644. The van der Waals surface area contributed by atoms with E-state index in [2.05, 4.69) is 4.98 Å². The molecule has 1 aliphatic heterocycles. The first-order valence-corrected chi connectivity index (χ1v) is 9.24. The quantitative estimate of drug-likeness (QED) is 0.704. The molecule has 1 N–H and O–H groups in total. The second kappa shape index (κ2) is 6.11. The van der Waals surface area contributed by atoms with Gasteiger partial charge >= 0.3 is 5.63 Å². The van der Waals surface area contributed by atoms with Gasteiger partial charge in [0.1, 0.15) is 13.1 Å². The van der Waals surface area contributed by atoms with E-state index in [0.29, 0.717) is 29.6 Å². The minimum atomic E-state index is -0.216. The van der Waals surface area contributed by atoms with Crippen LogP contribution in [-0.4, -0.2) is 11.7 Å². The highest BCUT2D eigenvalue weighted by Crippen LogP contribution is 2.39. The Bertz CT molecular complexity index is 1060. The molecule has 0 spiro atoms. The third-order valence-electron chi connectivity index (χ3n) is 5.27. The highest BCUT2D eigenvalue weighted by molar-refractivity contribution is 6.33. The van der Waals surface area contributed by atoms with Crippen molar-refractivity contribution < 1.29 is 14.1 Å². The summed E-state index contributed by atoms with van der Waals surface area (Å²) < 4.78 is 11.7. The maximum Gasteiger partial charge on any atom is 0.339 e. The SMILES string of the molecule is O=c1oc2c3c(c(Cl)cc2c2c1CCC2)OC[NH+](Cc1ccccn1)C3. The van der Waals surface area contributed by atoms with Crippen molar-refractivity contribution >= 4 is 22.6 Å². The summed E-state index contributed by atoms with van der Waals surface area (Å²) in [5.41, 5.74) is 4.21. The van der Waals surface area contributed by atoms with Crippen LogP contribution in [-0.2, 0) is 25.9 Å². The average Bonchev–Trinajstić information content (AvgIpc) is 3.15. The highest BCUT2D eigenvalue weighted by Gasteiger charge is 2.30. The van der Waals surface area contributed by atoms with E-state index in [1.54, 1.807) is 6.20 Å². The molecule has 1 aliphatic carbocycles. The highest BCUT2D eigenvalue weighted by atomic mass is 35.5. The number of fused-ring (bicyclic) bond motifs is 5. The molecule has 0 amide bonds. The van der Waals surface area contributed by atoms with Gasteiger partial charge in [0.25, 0.3) is 0 Å². The Kier molecular flexibility index (Phi) is 3.72. The molecule has 5 rings (SSSR count). The third-order valence-corrected chi connectivity index (χ3v) is 5.55. The molecule has 1 atom stereocenters. The predicted octanol–water partition coefficient (Wildman–Crippen LogP) is 2.27. The number of pyridine rings is 1. The second-order valence-corrected chi connectivity index (χ2v) is 7.36. The minimum Gasteiger partial charge on any atom is -0.443 e. The first kappa shape index (κ1) is 15.9. The maximum atomic E-state index is 12.4. The van der Waals surface area contributed by atoms with Crippen molar-refractivity contribution in [2.24, 2.45) is 0 Å². The van der Waals surface area contributed by atoms with Crippen molar-refractivity contribution in [3.8, 4) is 5.75 Å². The Balaban J connectivity index is 1.61. The van der Waals surface area contributed by atoms with Crippen LogP contribution in [0.25, 0.3) is 11.0 Å². The van der Waals surface area contributed by atoms with Crippen molar-refractivity contribution in [2.75, 3.05) is 6.73 Å². The molecule has 0 saturated heterocycles. The number of rotatable bonds is 2. The number of halogens is 1. The van der Waals surface area contributed by atoms with Crippen LogP contribution in [0.4, 0.5) is 0 Å². The Morgan fingerprint density at radius 3 is 2.92 bits per heavy atom. The number of aryl methyl sites for hydroxylation is 1. The number of benzene rings is 1. The van der Waals surface area contributed by atoms with Gasteiger partial charge in [-0.15, -0.1) is 0 Å². The summed E-state index contributed by atoms with van der Waals surface area (Å²) >= 11 is 6.50. The van der Waals surface area contributed by atoms with Gasteiger partial charge in [-0.3, -0.25) is 9.88 Å². The zero-order valence-electron chi connectivity index (χ0n) is 14.2. The first-order chi connectivity index (χ1) is 12.7. The van der Waals surface area contributed by atoms with Crippen LogP contribution in [0.2, 0.25) is 5.02 Å². The van der Waals surface area contributed by atoms with Crippen molar-refractivity contribution in [3.63, 3.8) is 0 Å². The molecule has 6 heteroatoms. The van der Waals surface area contributed by atoms with Crippen LogP contribution in [0.3, 0.4) is 0 Å². The molecule has 1 unspecified atom stereocenters. The smallest absolute Gasteiger partial charge is 0.339 e. The Labute approximate surface area is 155 Å². The van der Waals surface area contributed by atoms with Gasteiger partial charge in [-0.1, -0.05) is 17.7 Å². The summed E-state index contributed by atoms with van der Waals surface area (Å²) in [5, 5.41) is 1.55. The normalized spacial score (nSPS) is 18.4. The average molecular weight is 370 g/mol. The van der Waals surface area contributed by atoms with Crippen molar-refractivity contribution in [3.05, 3.63) is 68.3 Å². The van der Waals surface area contributed by atoms with E-state index in [4.69, 9.17) is 20.8 Å². The fourth-order valence-electron chi connectivity index (χ4n) is 4.09. The lowest BCUT2D eigenvalue weighted by molar-refractivity contribution is -0.946. The van der Waals surface area contributed by atoms with Crippen LogP contribution in [0.5, 0.6) is 5.75 Å². The van der Waals surface area contributed by atoms with Crippen LogP contribution >= 0.6 is 11.6 Å². The monoisotopic (exact) mass is 369 g/mol. The Morgan fingerprint density at radius 1 is 1.19 bits per heavy atom. The zero-order chi connectivity index (χ0) is 17.7. The van der Waals surface area contributed by atoms with Crippen molar-refractivity contribution in [2.45, 2.75) is 32.4 Å². The molecule has 0 radical (unpaired) electrons. The minimum absolute atomic E-state index is 0.216. The lowest BCUT2D eigenvalue weighted by atomic mass is 10.0. The topological polar surface area (TPSA) is 56.8 Å². The van der Waals surface area contributed by atoms with E-state index >= 15 is 0 Å². The fourth-order valence-corrected chi connectivity index (χ4v) is 4.37. The largest absolute Gasteiger partial charge is 0.443 e. The summed E-state index contributed by atoms with van der Waals surface area (Å²) in [6.07, 6.45) is 4.47. The first-order valence-electron chi connectivity index (χ1n) is 8.87. The Hall–Kier alpha value is -2.37. The molecular weight excluding hydrogens is 352 g/mol. The summed E-state index contributed by atoms with van der Waals surface area (Å²) in [6, 6.07) is 7.79. The number of hydrogen-bond acceptors (Lipinski definition) is 4. The second-order valence-electron chi connectivity index (χ2n) is 6.96. The van der Waals surface area contributed by atoms with Crippen LogP contribution in [0.15, 0.2) is 39.7 Å². The van der Waals surface area contributed by atoms with E-state index in [9.17, 15) is 4.79 Å².